The summed E-state index contributed by atoms with van der Waals surface area (Å²) in [5.74, 6) is 1.84. The van der Waals surface area contributed by atoms with Gasteiger partial charge in [0.15, 0.2) is 17.5 Å². The molecule has 4 nitrogen and oxygen atoms in total. The molecule has 170 valence electrons. The van der Waals surface area contributed by atoms with Gasteiger partial charge in [-0.3, -0.25) is 0 Å². The zero-order chi connectivity index (χ0) is 24.1. The fraction of sp³-hybridized carbons (Fsp3) is 0. The molecule has 0 aliphatic heterocycles. The van der Waals surface area contributed by atoms with E-state index in [0.717, 1.165) is 49.4 Å². The SMILES string of the molecule is Clc1ccc2cc(-c3nc(-c4ccccc4)nc(-c4cccc5oc6ccccc6c45)n3)ccc2c1. The molecule has 7 rings (SSSR count). The smallest absolute Gasteiger partial charge is 0.164 e. The van der Waals surface area contributed by atoms with Crippen LogP contribution < -0.4 is 0 Å². The first-order chi connectivity index (χ1) is 17.7. The maximum Gasteiger partial charge on any atom is 0.164 e. The zero-order valence-electron chi connectivity index (χ0n) is 19.0. The zero-order valence-corrected chi connectivity index (χ0v) is 19.8. The van der Waals surface area contributed by atoms with Crippen molar-refractivity contribution in [2.24, 2.45) is 0 Å². The molecule has 2 heterocycles. The predicted molar refractivity (Wildman–Crippen MR) is 146 cm³/mol. The molecular weight excluding hydrogens is 466 g/mol. The largest absolute Gasteiger partial charge is 0.456 e. The summed E-state index contributed by atoms with van der Waals surface area (Å²) < 4.78 is 6.12. The molecule has 0 bridgehead atoms. The average Bonchev–Trinajstić information content (AvgIpc) is 3.32. The highest BCUT2D eigenvalue weighted by molar-refractivity contribution is 6.31. The molecule has 0 saturated heterocycles. The van der Waals surface area contributed by atoms with Crippen LogP contribution in [0.25, 0.3) is 66.9 Å². The summed E-state index contributed by atoms with van der Waals surface area (Å²) in [6.45, 7) is 0. The number of aromatic nitrogens is 3. The van der Waals surface area contributed by atoms with Crippen molar-refractivity contribution in [3.8, 4) is 34.2 Å². The van der Waals surface area contributed by atoms with E-state index < -0.39 is 0 Å². The van der Waals surface area contributed by atoms with Crippen LogP contribution in [0, 0.1) is 0 Å². The molecule has 0 aliphatic rings. The second-order valence-corrected chi connectivity index (χ2v) is 9.09. The molecule has 5 aromatic carbocycles. The molecule has 0 saturated carbocycles. The topological polar surface area (TPSA) is 51.8 Å². The fourth-order valence-electron chi connectivity index (χ4n) is 4.66. The lowest BCUT2D eigenvalue weighted by molar-refractivity contribution is 0.669. The minimum atomic E-state index is 0.604. The van der Waals surface area contributed by atoms with Gasteiger partial charge in [-0.15, -0.1) is 0 Å². The molecule has 0 amide bonds. The minimum absolute atomic E-state index is 0.604. The number of hydrogen-bond acceptors (Lipinski definition) is 4. The average molecular weight is 484 g/mol. The standard InChI is InChI=1S/C31H18ClN3O/c32-23-16-15-20-17-22(14-13-21(20)18-23)30-33-29(19-7-2-1-3-8-19)34-31(35-30)25-10-6-12-27-28(25)24-9-4-5-11-26(24)36-27/h1-18H. The van der Waals surface area contributed by atoms with Gasteiger partial charge >= 0.3 is 0 Å². The van der Waals surface area contributed by atoms with Gasteiger partial charge in [-0.25, -0.2) is 15.0 Å². The van der Waals surface area contributed by atoms with Crippen molar-refractivity contribution >= 4 is 44.3 Å². The van der Waals surface area contributed by atoms with Crippen LogP contribution in [-0.2, 0) is 0 Å². The third kappa shape index (κ3) is 3.51. The van der Waals surface area contributed by atoms with Gasteiger partial charge in [-0.1, -0.05) is 90.5 Å². The number of fused-ring (bicyclic) bond motifs is 4. The molecular formula is C31H18ClN3O. The summed E-state index contributed by atoms with van der Waals surface area (Å²) in [6.07, 6.45) is 0. The van der Waals surface area contributed by atoms with Gasteiger partial charge in [0.25, 0.3) is 0 Å². The number of benzene rings is 5. The van der Waals surface area contributed by atoms with Crippen LogP contribution >= 0.6 is 11.6 Å². The number of para-hydroxylation sites is 1. The maximum absolute atomic E-state index is 6.19. The van der Waals surface area contributed by atoms with Crippen molar-refractivity contribution < 1.29 is 4.42 Å². The number of nitrogens with zero attached hydrogens (tertiary/aromatic N) is 3. The summed E-state index contributed by atoms with van der Waals surface area (Å²) in [5.41, 5.74) is 4.39. The van der Waals surface area contributed by atoms with E-state index in [-0.39, 0.29) is 0 Å². The van der Waals surface area contributed by atoms with Gasteiger partial charge in [0.2, 0.25) is 0 Å². The Kier molecular flexibility index (Phi) is 4.79. The van der Waals surface area contributed by atoms with Crippen molar-refractivity contribution in [2.45, 2.75) is 0 Å². The fourth-order valence-corrected chi connectivity index (χ4v) is 4.84. The molecule has 0 fully saturated rings. The first-order valence-electron chi connectivity index (χ1n) is 11.6. The highest BCUT2D eigenvalue weighted by Gasteiger charge is 2.17. The van der Waals surface area contributed by atoms with Crippen LogP contribution in [-0.4, -0.2) is 15.0 Å². The highest BCUT2D eigenvalue weighted by atomic mass is 35.5. The highest BCUT2D eigenvalue weighted by Crippen LogP contribution is 2.36. The van der Waals surface area contributed by atoms with Crippen LogP contribution in [0.5, 0.6) is 0 Å². The number of furan rings is 1. The summed E-state index contributed by atoms with van der Waals surface area (Å²) in [6, 6.07) is 36.1. The van der Waals surface area contributed by atoms with Crippen molar-refractivity contribution in [3.05, 3.63) is 114 Å². The van der Waals surface area contributed by atoms with Crippen LogP contribution in [0.3, 0.4) is 0 Å². The second kappa shape index (κ2) is 8.29. The van der Waals surface area contributed by atoms with Crippen molar-refractivity contribution in [3.63, 3.8) is 0 Å². The number of halogens is 1. The molecule has 0 atom stereocenters. The van der Waals surface area contributed by atoms with Crippen LogP contribution in [0.15, 0.2) is 114 Å². The normalized spacial score (nSPS) is 11.5. The molecule has 2 aromatic heterocycles. The Labute approximate surface area is 211 Å². The van der Waals surface area contributed by atoms with Gasteiger partial charge in [-0.05, 0) is 41.1 Å². The Balaban J connectivity index is 1.50. The quantitative estimate of drug-likeness (QED) is 0.252. The van der Waals surface area contributed by atoms with Gasteiger partial charge in [0.1, 0.15) is 11.2 Å². The number of hydrogen-bond donors (Lipinski definition) is 0. The van der Waals surface area contributed by atoms with Gasteiger partial charge in [-0.2, -0.15) is 0 Å². The van der Waals surface area contributed by atoms with Crippen LogP contribution in [0.1, 0.15) is 0 Å². The Hall–Kier alpha value is -4.54. The van der Waals surface area contributed by atoms with E-state index in [1.807, 2.05) is 97.1 Å². The van der Waals surface area contributed by atoms with E-state index in [9.17, 15) is 0 Å². The lowest BCUT2D eigenvalue weighted by atomic mass is 10.0. The Morgan fingerprint density at radius 1 is 0.528 bits per heavy atom. The summed E-state index contributed by atoms with van der Waals surface area (Å²) in [7, 11) is 0. The lowest BCUT2D eigenvalue weighted by Crippen LogP contribution is -2.00. The molecule has 0 radical (unpaired) electrons. The van der Waals surface area contributed by atoms with Crippen molar-refractivity contribution in [1.29, 1.82) is 0 Å². The molecule has 5 heteroatoms. The Morgan fingerprint density at radius 3 is 2.11 bits per heavy atom. The van der Waals surface area contributed by atoms with E-state index >= 15 is 0 Å². The van der Waals surface area contributed by atoms with Crippen LogP contribution in [0.2, 0.25) is 5.02 Å². The molecule has 36 heavy (non-hydrogen) atoms. The molecule has 0 aliphatic carbocycles. The summed E-state index contributed by atoms with van der Waals surface area (Å²) in [5, 5.41) is 4.89. The Morgan fingerprint density at radius 2 is 1.22 bits per heavy atom. The van der Waals surface area contributed by atoms with Crippen LogP contribution in [0.4, 0.5) is 0 Å². The second-order valence-electron chi connectivity index (χ2n) is 8.66. The van der Waals surface area contributed by atoms with E-state index in [1.54, 1.807) is 0 Å². The third-order valence-corrected chi connectivity index (χ3v) is 6.61. The molecule has 0 N–H and O–H groups in total. The first-order valence-corrected chi connectivity index (χ1v) is 12.0. The van der Waals surface area contributed by atoms with E-state index in [0.29, 0.717) is 22.5 Å². The molecule has 7 aromatic rings. The van der Waals surface area contributed by atoms with Crippen molar-refractivity contribution in [1.82, 2.24) is 15.0 Å². The van der Waals surface area contributed by atoms with E-state index in [1.165, 1.54) is 0 Å². The predicted octanol–water partition coefficient (Wildman–Crippen LogP) is 8.58. The van der Waals surface area contributed by atoms with Gasteiger partial charge in [0, 0.05) is 32.5 Å². The number of rotatable bonds is 3. The summed E-state index contributed by atoms with van der Waals surface area (Å²) >= 11 is 6.19. The Bertz CT molecular complexity index is 1910. The molecule has 0 spiro atoms. The van der Waals surface area contributed by atoms with E-state index in [4.69, 9.17) is 31.0 Å². The summed E-state index contributed by atoms with van der Waals surface area (Å²) in [4.78, 5) is 14.8. The van der Waals surface area contributed by atoms with E-state index in [2.05, 4.69) is 12.1 Å². The maximum atomic E-state index is 6.19. The monoisotopic (exact) mass is 483 g/mol. The first kappa shape index (κ1) is 20.8. The van der Waals surface area contributed by atoms with Gasteiger partial charge < -0.3 is 4.42 Å². The minimum Gasteiger partial charge on any atom is -0.456 e. The lowest BCUT2D eigenvalue weighted by Gasteiger charge is -2.10. The third-order valence-electron chi connectivity index (χ3n) is 6.37. The van der Waals surface area contributed by atoms with Crippen molar-refractivity contribution in [2.75, 3.05) is 0 Å². The van der Waals surface area contributed by atoms with Gasteiger partial charge in [0.05, 0.1) is 0 Å². The molecule has 0 unspecified atom stereocenters.